The number of thiophene rings is 1. The monoisotopic (exact) mass is 309 g/mol. The molecule has 4 nitrogen and oxygen atoms in total. The van der Waals surface area contributed by atoms with Crippen molar-refractivity contribution in [2.24, 2.45) is 4.99 Å². The number of nitrogens with zero attached hydrogens (tertiary/aromatic N) is 2. The van der Waals surface area contributed by atoms with E-state index in [0.717, 1.165) is 45.0 Å². The minimum atomic E-state index is -0.147. The topological polar surface area (TPSA) is 47.9 Å². The predicted octanol–water partition coefficient (Wildman–Crippen LogP) is 2.45. The van der Waals surface area contributed by atoms with Crippen LogP contribution in [0.3, 0.4) is 0 Å². The van der Waals surface area contributed by atoms with E-state index in [2.05, 4.69) is 48.5 Å². The van der Waals surface area contributed by atoms with Crippen molar-refractivity contribution in [1.29, 1.82) is 0 Å². The van der Waals surface area contributed by atoms with Crippen molar-refractivity contribution in [3.8, 4) is 0 Å². The summed E-state index contributed by atoms with van der Waals surface area (Å²) < 4.78 is 0. The summed E-state index contributed by atoms with van der Waals surface area (Å²) in [4.78, 5) is 8.48. The van der Waals surface area contributed by atoms with Gasteiger partial charge in [-0.1, -0.05) is 19.9 Å². The molecule has 1 aromatic rings. The molecule has 0 aromatic carbocycles. The van der Waals surface area contributed by atoms with E-state index >= 15 is 0 Å². The second-order valence-electron chi connectivity index (χ2n) is 6.25. The van der Waals surface area contributed by atoms with Gasteiger partial charge in [0.05, 0.1) is 12.6 Å². The lowest BCUT2D eigenvalue weighted by Crippen LogP contribution is -2.47. The van der Waals surface area contributed by atoms with E-state index < -0.39 is 0 Å². The van der Waals surface area contributed by atoms with Crippen molar-refractivity contribution in [3.63, 3.8) is 0 Å². The molecule has 1 fully saturated rings. The van der Waals surface area contributed by atoms with E-state index in [1.807, 2.05) is 0 Å². The van der Waals surface area contributed by atoms with Gasteiger partial charge in [0.2, 0.25) is 0 Å². The third kappa shape index (κ3) is 4.45. The van der Waals surface area contributed by atoms with Crippen LogP contribution >= 0.6 is 11.3 Å². The Labute approximate surface area is 131 Å². The normalized spacial score (nSPS) is 18.1. The average Bonchev–Trinajstić information content (AvgIpc) is 2.99. The molecule has 1 saturated heterocycles. The molecule has 0 spiro atoms. The third-order valence-corrected chi connectivity index (χ3v) is 5.15. The molecule has 0 amide bonds. The van der Waals surface area contributed by atoms with Crippen molar-refractivity contribution in [2.75, 3.05) is 26.2 Å². The zero-order chi connectivity index (χ0) is 15.3. The smallest absolute Gasteiger partial charge is 0.193 e. The van der Waals surface area contributed by atoms with Gasteiger partial charge in [0.25, 0.3) is 0 Å². The molecule has 1 aliphatic rings. The van der Waals surface area contributed by atoms with Gasteiger partial charge >= 0.3 is 0 Å². The Morgan fingerprint density at radius 2 is 2.19 bits per heavy atom. The maximum atomic E-state index is 9.64. The standard InChI is InChI=1S/C16H27N3OS/c1-4-17-15(19-9-7-13(20)8-10-19)18-12-16(2,3)14-6-5-11-21-14/h5-6,11,13,20H,4,7-10,12H2,1-3H3,(H,17,18). The fourth-order valence-electron chi connectivity index (χ4n) is 2.52. The molecule has 0 bridgehead atoms. The van der Waals surface area contributed by atoms with Crippen LogP contribution in [0.25, 0.3) is 0 Å². The maximum absolute atomic E-state index is 9.64. The van der Waals surface area contributed by atoms with Crippen molar-refractivity contribution in [1.82, 2.24) is 10.2 Å². The molecule has 1 aliphatic heterocycles. The number of rotatable bonds is 4. The Morgan fingerprint density at radius 3 is 2.76 bits per heavy atom. The number of piperidine rings is 1. The van der Waals surface area contributed by atoms with Crippen molar-refractivity contribution in [2.45, 2.75) is 45.1 Å². The van der Waals surface area contributed by atoms with Crippen LogP contribution in [0.2, 0.25) is 0 Å². The van der Waals surface area contributed by atoms with Crippen LogP contribution in [0, 0.1) is 0 Å². The summed E-state index contributed by atoms with van der Waals surface area (Å²) in [6.45, 7) is 9.99. The second kappa shape index (κ2) is 7.27. The van der Waals surface area contributed by atoms with Crippen LogP contribution in [0.1, 0.15) is 38.5 Å². The number of aliphatic hydroxyl groups is 1. The molecular formula is C16H27N3OS. The van der Waals surface area contributed by atoms with Crippen LogP contribution < -0.4 is 5.32 Å². The highest BCUT2D eigenvalue weighted by Gasteiger charge is 2.23. The van der Waals surface area contributed by atoms with Gasteiger partial charge in [-0.15, -0.1) is 11.3 Å². The number of hydrogen-bond donors (Lipinski definition) is 2. The highest BCUT2D eigenvalue weighted by molar-refractivity contribution is 7.10. The maximum Gasteiger partial charge on any atom is 0.193 e. The van der Waals surface area contributed by atoms with Gasteiger partial charge in [-0.3, -0.25) is 4.99 Å². The quantitative estimate of drug-likeness (QED) is 0.663. The van der Waals surface area contributed by atoms with E-state index in [1.54, 1.807) is 11.3 Å². The van der Waals surface area contributed by atoms with Gasteiger partial charge in [0.15, 0.2) is 5.96 Å². The number of nitrogens with one attached hydrogen (secondary N) is 1. The Morgan fingerprint density at radius 1 is 1.48 bits per heavy atom. The largest absolute Gasteiger partial charge is 0.393 e. The molecule has 0 atom stereocenters. The number of aliphatic hydroxyl groups excluding tert-OH is 1. The van der Waals surface area contributed by atoms with E-state index in [4.69, 9.17) is 4.99 Å². The first-order chi connectivity index (χ1) is 10.0. The van der Waals surface area contributed by atoms with Crippen LogP contribution in [0.4, 0.5) is 0 Å². The zero-order valence-corrected chi connectivity index (χ0v) is 14.1. The number of guanidine groups is 1. The zero-order valence-electron chi connectivity index (χ0n) is 13.3. The Balaban J connectivity index is 2.03. The first kappa shape index (κ1) is 16.3. The van der Waals surface area contributed by atoms with Crippen LogP contribution in [0.15, 0.2) is 22.5 Å². The van der Waals surface area contributed by atoms with Gasteiger partial charge in [0, 0.05) is 29.9 Å². The molecule has 2 N–H and O–H groups in total. The summed E-state index contributed by atoms with van der Waals surface area (Å²) in [6.07, 6.45) is 1.52. The van der Waals surface area contributed by atoms with Crippen LogP contribution in [-0.2, 0) is 5.41 Å². The summed E-state index contributed by atoms with van der Waals surface area (Å²) >= 11 is 1.79. The predicted molar refractivity (Wildman–Crippen MR) is 90.1 cm³/mol. The molecule has 2 rings (SSSR count). The fourth-order valence-corrected chi connectivity index (χ4v) is 3.36. The highest BCUT2D eigenvalue weighted by Crippen LogP contribution is 2.27. The van der Waals surface area contributed by atoms with E-state index in [0.29, 0.717) is 0 Å². The lowest BCUT2D eigenvalue weighted by Gasteiger charge is -2.33. The molecule has 0 saturated carbocycles. The van der Waals surface area contributed by atoms with E-state index in [1.165, 1.54) is 4.88 Å². The van der Waals surface area contributed by atoms with E-state index in [-0.39, 0.29) is 11.5 Å². The Hall–Kier alpha value is -1.07. The van der Waals surface area contributed by atoms with Gasteiger partial charge in [0.1, 0.15) is 0 Å². The number of aliphatic imine (C=N–C) groups is 1. The fraction of sp³-hybridized carbons (Fsp3) is 0.688. The number of hydrogen-bond acceptors (Lipinski definition) is 3. The summed E-state index contributed by atoms with van der Waals surface area (Å²) in [6, 6.07) is 4.28. The van der Waals surface area contributed by atoms with E-state index in [9.17, 15) is 5.11 Å². The number of likely N-dealkylation sites (tertiary alicyclic amines) is 1. The summed E-state index contributed by atoms with van der Waals surface area (Å²) in [5.74, 6) is 0.981. The highest BCUT2D eigenvalue weighted by atomic mass is 32.1. The molecular weight excluding hydrogens is 282 g/mol. The van der Waals surface area contributed by atoms with Crippen LogP contribution in [0.5, 0.6) is 0 Å². The summed E-state index contributed by atoms with van der Waals surface area (Å²) in [7, 11) is 0. The second-order valence-corrected chi connectivity index (χ2v) is 7.20. The third-order valence-electron chi connectivity index (χ3n) is 3.91. The van der Waals surface area contributed by atoms with Gasteiger partial charge in [-0.2, -0.15) is 0 Å². The van der Waals surface area contributed by atoms with Gasteiger partial charge < -0.3 is 15.3 Å². The lowest BCUT2D eigenvalue weighted by molar-refractivity contribution is 0.108. The van der Waals surface area contributed by atoms with Gasteiger partial charge in [-0.05, 0) is 31.2 Å². The Bertz CT molecular complexity index is 448. The minimum absolute atomic E-state index is 0.0597. The molecule has 21 heavy (non-hydrogen) atoms. The summed E-state index contributed by atoms with van der Waals surface area (Å²) in [5.41, 5.74) is 0.0597. The molecule has 0 aliphatic carbocycles. The first-order valence-electron chi connectivity index (χ1n) is 7.78. The van der Waals surface area contributed by atoms with Crippen LogP contribution in [-0.4, -0.2) is 48.2 Å². The summed E-state index contributed by atoms with van der Waals surface area (Å²) in [5, 5.41) is 15.1. The molecule has 2 heterocycles. The van der Waals surface area contributed by atoms with Gasteiger partial charge in [-0.25, -0.2) is 0 Å². The SMILES string of the molecule is CCNC(=NCC(C)(C)c1cccs1)N1CCC(O)CC1. The molecule has 0 unspecified atom stereocenters. The van der Waals surface area contributed by atoms with Crippen molar-refractivity contribution < 1.29 is 5.11 Å². The molecule has 5 heteroatoms. The lowest BCUT2D eigenvalue weighted by atomic mass is 9.92. The van der Waals surface area contributed by atoms with Crippen molar-refractivity contribution in [3.05, 3.63) is 22.4 Å². The minimum Gasteiger partial charge on any atom is -0.393 e. The molecule has 1 aromatic heterocycles. The first-order valence-corrected chi connectivity index (χ1v) is 8.66. The Kier molecular flexibility index (Phi) is 5.65. The molecule has 0 radical (unpaired) electrons. The average molecular weight is 309 g/mol. The molecule has 118 valence electrons. The van der Waals surface area contributed by atoms with Crippen molar-refractivity contribution >= 4 is 17.3 Å².